The quantitative estimate of drug-likeness (QED) is 0.744. The van der Waals surface area contributed by atoms with Crippen molar-refractivity contribution in [2.45, 2.75) is 13.3 Å². The number of hydrogen-bond donors (Lipinski definition) is 1. The molecule has 3 heterocycles. The van der Waals surface area contributed by atoms with E-state index >= 15 is 0 Å². The number of fused-ring (bicyclic) bond motifs is 2. The Morgan fingerprint density at radius 3 is 2.90 bits per heavy atom. The summed E-state index contributed by atoms with van der Waals surface area (Å²) in [5.74, 6) is 0.708. The van der Waals surface area contributed by atoms with Crippen LogP contribution in [0.5, 0.6) is 0 Å². The van der Waals surface area contributed by atoms with Gasteiger partial charge in [0.25, 0.3) is 0 Å². The lowest BCUT2D eigenvalue weighted by molar-refractivity contribution is 0.956. The fourth-order valence-corrected chi connectivity index (χ4v) is 3.15. The van der Waals surface area contributed by atoms with Crippen LogP contribution < -0.4 is 10.6 Å². The number of nitrogens with two attached hydrogens (primary N) is 1. The molecule has 2 N–H and O–H groups in total. The molecule has 2 aromatic heterocycles. The molecule has 0 amide bonds. The van der Waals surface area contributed by atoms with Gasteiger partial charge < -0.3 is 10.6 Å². The fourth-order valence-electron chi connectivity index (χ4n) is 3.15. The van der Waals surface area contributed by atoms with E-state index in [0.717, 1.165) is 35.4 Å². The average molecular weight is 278 g/mol. The lowest BCUT2D eigenvalue weighted by Gasteiger charge is -2.11. The molecule has 1 aromatic carbocycles. The molecule has 4 heteroatoms. The number of aryl methyl sites for hydroxylation is 1. The summed E-state index contributed by atoms with van der Waals surface area (Å²) in [6, 6.07) is 10.6. The van der Waals surface area contributed by atoms with Crippen LogP contribution in [-0.4, -0.2) is 23.0 Å². The minimum absolute atomic E-state index is 0.708. The highest BCUT2D eigenvalue weighted by molar-refractivity contribution is 5.78. The number of benzene rings is 1. The maximum Gasteiger partial charge on any atom is 0.142 e. The van der Waals surface area contributed by atoms with Crippen molar-refractivity contribution in [2.75, 3.05) is 24.2 Å². The maximum atomic E-state index is 6.30. The van der Waals surface area contributed by atoms with Crippen LogP contribution in [0.15, 0.2) is 36.5 Å². The molecule has 21 heavy (non-hydrogen) atoms. The summed E-state index contributed by atoms with van der Waals surface area (Å²) in [5, 5.41) is 0. The number of pyridine rings is 1. The third-order valence-electron chi connectivity index (χ3n) is 4.36. The molecule has 0 unspecified atom stereocenters. The van der Waals surface area contributed by atoms with Crippen LogP contribution in [0, 0.1) is 6.92 Å². The van der Waals surface area contributed by atoms with Crippen molar-refractivity contribution in [1.29, 1.82) is 0 Å². The first kappa shape index (κ1) is 12.3. The van der Waals surface area contributed by atoms with Gasteiger partial charge in [0.1, 0.15) is 17.2 Å². The van der Waals surface area contributed by atoms with Crippen LogP contribution >= 0.6 is 0 Å². The molecule has 0 saturated carbocycles. The third kappa shape index (κ3) is 1.72. The monoisotopic (exact) mass is 278 g/mol. The van der Waals surface area contributed by atoms with E-state index < -0.39 is 0 Å². The largest absolute Gasteiger partial charge is 0.383 e. The van der Waals surface area contributed by atoms with Crippen molar-refractivity contribution in [3.8, 4) is 11.3 Å². The smallest absolute Gasteiger partial charge is 0.142 e. The van der Waals surface area contributed by atoms with Crippen LogP contribution in [0.1, 0.15) is 11.1 Å². The number of likely N-dealkylation sites (N-methyl/N-ethyl adjacent to an activating group) is 1. The Morgan fingerprint density at radius 2 is 2.10 bits per heavy atom. The van der Waals surface area contributed by atoms with Gasteiger partial charge in [0, 0.05) is 31.0 Å². The maximum absolute atomic E-state index is 6.30. The van der Waals surface area contributed by atoms with E-state index in [4.69, 9.17) is 10.7 Å². The van der Waals surface area contributed by atoms with E-state index in [1.807, 2.05) is 16.7 Å². The molecule has 1 aliphatic rings. The molecule has 0 atom stereocenters. The average Bonchev–Trinajstić information content (AvgIpc) is 3.02. The zero-order valence-corrected chi connectivity index (χ0v) is 12.3. The van der Waals surface area contributed by atoms with Crippen molar-refractivity contribution >= 4 is 17.2 Å². The summed E-state index contributed by atoms with van der Waals surface area (Å²) in [5.41, 5.74) is 13.0. The number of nitrogen functional groups attached to an aromatic ring is 1. The summed E-state index contributed by atoms with van der Waals surface area (Å²) >= 11 is 0. The summed E-state index contributed by atoms with van der Waals surface area (Å²) in [6.45, 7) is 3.14. The zero-order chi connectivity index (χ0) is 14.6. The van der Waals surface area contributed by atoms with E-state index in [1.165, 1.54) is 11.3 Å². The van der Waals surface area contributed by atoms with Crippen molar-refractivity contribution in [3.05, 3.63) is 47.7 Å². The van der Waals surface area contributed by atoms with Gasteiger partial charge in [-0.2, -0.15) is 0 Å². The van der Waals surface area contributed by atoms with Gasteiger partial charge in [-0.05, 0) is 42.7 Å². The van der Waals surface area contributed by atoms with Crippen LogP contribution in [0.3, 0.4) is 0 Å². The number of nitrogens with zero attached hydrogens (tertiary/aromatic N) is 3. The second kappa shape index (κ2) is 4.25. The van der Waals surface area contributed by atoms with E-state index in [1.54, 1.807) is 0 Å². The molecule has 4 rings (SSSR count). The molecule has 4 nitrogen and oxygen atoms in total. The van der Waals surface area contributed by atoms with Gasteiger partial charge in [0.15, 0.2) is 0 Å². The van der Waals surface area contributed by atoms with Gasteiger partial charge in [-0.3, -0.25) is 4.40 Å². The van der Waals surface area contributed by atoms with Gasteiger partial charge >= 0.3 is 0 Å². The molecule has 0 spiro atoms. The number of imidazole rings is 1. The molecule has 1 aliphatic heterocycles. The second-order valence-electron chi connectivity index (χ2n) is 5.75. The van der Waals surface area contributed by atoms with E-state index in [9.17, 15) is 0 Å². The SMILES string of the molecule is Cc1cccn2c(N)c(-c3ccc4c(c3)CCN4C)nc12. The van der Waals surface area contributed by atoms with E-state index in [-0.39, 0.29) is 0 Å². The molecular formula is C17H18N4. The lowest BCUT2D eigenvalue weighted by atomic mass is 10.1. The number of hydrogen-bond acceptors (Lipinski definition) is 3. The molecule has 0 aliphatic carbocycles. The molecule has 0 saturated heterocycles. The summed E-state index contributed by atoms with van der Waals surface area (Å²) in [6.07, 6.45) is 3.06. The highest BCUT2D eigenvalue weighted by Crippen LogP contribution is 2.33. The predicted octanol–water partition coefficient (Wildman–Crippen LogP) is 2.88. The van der Waals surface area contributed by atoms with Crippen molar-refractivity contribution in [3.63, 3.8) is 0 Å². The van der Waals surface area contributed by atoms with Crippen molar-refractivity contribution in [1.82, 2.24) is 9.38 Å². The highest BCUT2D eigenvalue weighted by atomic mass is 15.1. The Morgan fingerprint density at radius 1 is 1.24 bits per heavy atom. The van der Waals surface area contributed by atoms with Gasteiger partial charge in [0.05, 0.1) is 0 Å². The van der Waals surface area contributed by atoms with Crippen LogP contribution in [-0.2, 0) is 6.42 Å². The molecule has 0 radical (unpaired) electrons. The Bertz CT molecular complexity index is 847. The fraction of sp³-hybridized carbons (Fsp3) is 0.235. The van der Waals surface area contributed by atoms with E-state index in [0.29, 0.717) is 5.82 Å². The first-order valence-corrected chi connectivity index (χ1v) is 7.23. The molecule has 3 aromatic rings. The zero-order valence-electron chi connectivity index (χ0n) is 12.3. The van der Waals surface area contributed by atoms with Gasteiger partial charge in [-0.15, -0.1) is 0 Å². The summed E-state index contributed by atoms with van der Waals surface area (Å²) in [7, 11) is 2.13. The Labute approximate surface area is 123 Å². The second-order valence-corrected chi connectivity index (χ2v) is 5.75. The van der Waals surface area contributed by atoms with Crippen LogP contribution in [0.25, 0.3) is 16.9 Å². The summed E-state index contributed by atoms with van der Waals surface area (Å²) in [4.78, 5) is 7.04. The van der Waals surface area contributed by atoms with Crippen molar-refractivity contribution in [2.24, 2.45) is 0 Å². The first-order chi connectivity index (χ1) is 10.1. The molecule has 0 fully saturated rings. The lowest BCUT2D eigenvalue weighted by Crippen LogP contribution is -2.12. The molecule has 0 bridgehead atoms. The van der Waals surface area contributed by atoms with Crippen LogP contribution in [0.2, 0.25) is 0 Å². The van der Waals surface area contributed by atoms with Crippen molar-refractivity contribution < 1.29 is 0 Å². The number of aromatic nitrogens is 2. The van der Waals surface area contributed by atoms with Gasteiger partial charge in [-0.25, -0.2) is 4.98 Å². The predicted molar refractivity (Wildman–Crippen MR) is 86.8 cm³/mol. The summed E-state index contributed by atoms with van der Waals surface area (Å²) < 4.78 is 1.96. The number of rotatable bonds is 1. The Kier molecular flexibility index (Phi) is 2.48. The Balaban J connectivity index is 1.91. The Hall–Kier alpha value is -2.49. The number of anilines is 2. The first-order valence-electron chi connectivity index (χ1n) is 7.23. The van der Waals surface area contributed by atoms with Gasteiger partial charge in [0.2, 0.25) is 0 Å². The third-order valence-corrected chi connectivity index (χ3v) is 4.36. The van der Waals surface area contributed by atoms with Gasteiger partial charge in [-0.1, -0.05) is 12.1 Å². The van der Waals surface area contributed by atoms with Crippen LogP contribution in [0.4, 0.5) is 11.5 Å². The van der Waals surface area contributed by atoms with E-state index in [2.05, 4.69) is 43.1 Å². The topological polar surface area (TPSA) is 46.6 Å². The normalized spacial score (nSPS) is 13.9. The minimum Gasteiger partial charge on any atom is -0.383 e. The highest BCUT2D eigenvalue weighted by Gasteiger charge is 2.18. The molecule has 106 valence electrons. The minimum atomic E-state index is 0.708. The molecular weight excluding hydrogens is 260 g/mol. The standard InChI is InChI=1S/C17H18N4/c1-11-4-3-8-21-16(18)15(19-17(11)21)13-5-6-14-12(10-13)7-9-20(14)2/h3-6,8,10H,7,9,18H2,1-2H3.